The van der Waals surface area contributed by atoms with Gasteiger partial charge in [0.2, 0.25) is 0 Å². The Balaban J connectivity index is 2.20. The maximum absolute atomic E-state index is 11.6. The number of hydrogen-bond donors (Lipinski definition) is 1. The number of aryl methyl sites for hydroxylation is 1. The van der Waals surface area contributed by atoms with Gasteiger partial charge in [-0.05, 0) is 0 Å². The van der Waals surface area contributed by atoms with Crippen molar-refractivity contribution in [1.82, 2.24) is 20.5 Å². The molecule has 0 radical (unpaired) electrons. The lowest BCUT2D eigenvalue weighted by atomic mass is 10.5. The number of alkyl halides is 3. The second-order valence-corrected chi connectivity index (χ2v) is 2.57. The number of nitrogens with one attached hydrogen (secondary N) is 1. The van der Waals surface area contributed by atoms with Gasteiger partial charge in [0, 0.05) is 7.05 Å². The van der Waals surface area contributed by atoms with Crippen LogP contribution in [0.3, 0.4) is 0 Å². The molecule has 0 unspecified atom stereocenters. The van der Waals surface area contributed by atoms with Crippen LogP contribution in [-0.4, -0.2) is 27.8 Å². The van der Waals surface area contributed by atoms with Crippen molar-refractivity contribution in [2.45, 2.75) is 12.7 Å². The summed E-state index contributed by atoms with van der Waals surface area (Å²) >= 11 is 0. The van der Waals surface area contributed by atoms with Crippen LogP contribution in [0.2, 0.25) is 0 Å². The van der Waals surface area contributed by atoms with Crippen molar-refractivity contribution in [3.63, 3.8) is 0 Å². The zero-order chi connectivity index (χ0) is 10.6. The summed E-state index contributed by atoms with van der Waals surface area (Å²) in [6, 6.07) is 0. The number of aromatic nitrogens is 3. The summed E-state index contributed by atoms with van der Waals surface area (Å²) in [5.41, 5.74) is 2.80. The molecule has 1 aromatic rings. The summed E-state index contributed by atoms with van der Waals surface area (Å²) in [5, 5.41) is 7.14. The fraction of sp³-hybridized carbons (Fsp3) is 0.667. The molecule has 14 heavy (non-hydrogen) atoms. The fourth-order valence-corrected chi connectivity index (χ4v) is 0.729. The van der Waals surface area contributed by atoms with Crippen molar-refractivity contribution in [3.05, 3.63) is 11.9 Å². The molecular weight excluding hydrogens is 201 g/mol. The van der Waals surface area contributed by atoms with E-state index >= 15 is 0 Å². The smallest absolute Gasteiger partial charge is 0.292 e. The van der Waals surface area contributed by atoms with Gasteiger partial charge < -0.3 is 0 Å². The molecule has 0 aliphatic carbocycles. The minimum Gasteiger partial charge on any atom is -0.292 e. The third-order valence-electron chi connectivity index (χ3n) is 1.40. The molecule has 8 heteroatoms. The Labute approximate surface area is 77.8 Å². The lowest BCUT2D eigenvalue weighted by Gasteiger charge is -2.07. The zero-order valence-corrected chi connectivity index (χ0v) is 7.38. The van der Waals surface area contributed by atoms with Crippen LogP contribution < -0.4 is 5.48 Å². The van der Waals surface area contributed by atoms with E-state index in [2.05, 4.69) is 20.6 Å². The molecule has 0 aromatic carbocycles. The van der Waals surface area contributed by atoms with Gasteiger partial charge in [0.25, 0.3) is 0 Å². The quantitative estimate of drug-likeness (QED) is 0.577. The molecular formula is C6H9F3N4O. The van der Waals surface area contributed by atoms with E-state index in [1.165, 1.54) is 10.9 Å². The first kappa shape index (κ1) is 10.9. The van der Waals surface area contributed by atoms with Gasteiger partial charge in [-0.25, -0.2) is 0 Å². The topological polar surface area (TPSA) is 52.0 Å². The summed E-state index contributed by atoms with van der Waals surface area (Å²) in [6.45, 7) is -1.20. The second-order valence-electron chi connectivity index (χ2n) is 2.57. The van der Waals surface area contributed by atoms with E-state index in [0.717, 1.165) is 0 Å². The van der Waals surface area contributed by atoms with Crippen LogP contribution in [0.4, 0.5) is 13.2 Å². The van der Waals surface area contributed by atoms with Gasteiger partial charge in [0.05, 0.1) is 18.4 Å². The number of rotatable bonds is 4. The first-order chi connectivity index (χ1) is 6.49. The predicted octanol–water partition coefficient (Wildman–Crippen LogP) is 0.399. The van der Waals surface area contributed by atoms with Crippen LogP contribution >= 0.6 is 0 Å². The van der Waals surface area contributed by atoms with E-state index in [1.807, 2.05) is 0 Å². The maximum atomic E-state index is 11.6. The number of hydrogen-bond acceptors (Lipinski definition) is 4. The lowest BCUT2D eigenvalue weighted by Crippen LogP contribution is -2.25. The predicted molar refractivity (Wildman–Crippen MR) is 39.8 cm³/mol. The maximum Gasteiger partial charge on any atom is 0.413 e. The van der Waals surface area contributed by atoms with Gasteiger partial charge in [-0.3, -0.25) is 9.52 Å². The van der Waals surface area contributed by atoms with Crippen LogP contribution in [0.5, 0.6) is 0 Å². The number of hydroxylamine groups is 1. The zero-order valence-electron chi connectivity index (χ0n) is 7.38. The van der Waals surface area contributed by atoms with Crippen molar-refractivity contribution in [1.29, 1.82) is 0 Å². The third-order valence-corrected chi connectivity index (χ3v) is 1.40. The van der Waals surface area contributed by atoms with E-state index in [4.69, 9.17) is 0 Å². The molecule has 0 saturated heterocycles. The molecule has 0 aliphatic heterocycles. The Bertz CT molecular complexity index is 285. The molecule has 0 bridgehead atoms. The van der Waals surface area contributed by atoms with Gasteiger partial charge in [0.15, 0.2) is 6.61 Å². The molecule has 0 fully saturated rings. The highest BCUT2D eigenvalue weighted by atomic mass is 19.4. The summed E-state index contributed by atoms with van der Waals surface area (Å²) < 4.78 is 36.3. The highest BCUT2D eigenvalue weighted by Crippen LogP contribution is 2.13. The molecule has 0 spiro atoms. The fourth-order valence-electron chi connectivity index (χ4n) is 0.729. The molecule has 1 rings (SSSR count). The first-order valence-electron chi connectivity index (χ1n) is 3.74. The summed E-state index contributed by atoms with van der Waals surface area (Å²) in [4.78, 5) is 4.18. The molecule has 0 aliphatic rings. The van der Waals surface area contributed by atoms with E-state index in [0.29, 0.717) is 5.69 Å². The summed E-state index contributed by atoms with van der Waals surface area (Å²) in [6.07, 6.45) is -2.89. The van der Waals surface area contributed by atoms with Crippen LogP contribution in [-0.2, 0) is 18.4 Å². The van der Waals surface area contributed by atoms with E-state index in [-0.39, 0.29) is 6.54 Å². The van der Waals surface area contributed by atoms with Crippen LogP contribution in [0.25, 0.3) is 0 Å². The van der Waals surface area contributed by atoms with Crippen LogP contribution in [0, 0.1) is 0 Å². The van der Waals surface area contributed by atoms with Gasteiger partial charge in [0.1, 0.15) is 0 Å². The third kappa shape index (κ3) is 3.71. The minimum absolute atomic E-state index is 0.125. The van der Waals surface area contributed by atoms with Crippen molar-refractivity contribution < 1.29 is 18.0 Å². The van der Waals surface area contributed by atoms with Crippen molar-refractivity contribution in [2.24, 2.45) is 7.05 Å². The van der Waals surface area contributed by atoms with Crippen LogP contribution in [0.1, 0.15) is 5.69 Å². The van der Waals surface area contributed by atoms with Crippen molar-refractivity contribution in [3.8, 4) is 0 Å². The lowest BCUT2D eigenvalue weighted by molar-refractivity contribution is -0.190. The van der Waals surface area contributed by atoms with Crippen LogP contribution in [0.15, 0.2) is 6.20 Å². The van der Waals surface area contributed by atoms with E-state index in [9.17, 15) is 13.2 Å². The van der Waals surface area contributed by atoms with Crippen molar-refractivity contribution >= 4 is 0 Å². The van der Waals surface area contributed by atoms with Gasteiger partial charge >= 0.3 is 6.18 Å². The molecule has 1 heterocycles. The molecule has 1 N–H and O–H groups in total. The summed E-state index contributed by atoms with van der Waals surface area (Å²) in [7, 11) is 1.63. The van der Waals surface area contributed by atoms with E-state index in [1.54, 1.807) is 7.05 Å². The monoisotopic (exact) mass is 210 g/mol. The van der Waals surface area contributed by atoms with Gasteiger partial charge in [-0.1, -0.05) is 5.21 Å². The summed E-state index contributed by atoms with van der Waals surface area (Å²) in [5.74, 6) is 0. The number of halogens is 3. The Morgan fingerprint density at radius 3 is 2.79 bits per heavy atom. The Hall–Kier alpha value is -1.15. The molecule has 0 saturated carbocycles. The molecule has 0 amide bonds. The molecule has 1 aromatic heterocycles. The minimum atomic E-state index is -4.32. The van der Waals surface area contributed by atoms with Crippen molar-refractivity contribution in [2.75, 3.05) is 6.61 Å². The largest absolute Gasteiger partial charge is 0.413 e. The average Bonchev–Trinajstić information content (AvgIpc) is 2.44. The highest BCUT2D eigenvalue weighted by Gasteiger charge is 2.27. The second kappa shape index (κ2) is 4.38. The Morgan fingerprint density at radius 1 is 1.57 bits per heavy atom. The molecule has 0 atom stereocenters. The molecule has 5 nitrogen and oxygen atoms in total. The number of nitrogens with zero attached hydrogens (tertiary/aromatic N) is 3. The molecule has 80 valence electrons. The Kier molecular flexibility index (Phi) is 3.42. The highest BCUT2D eigenvalue weighted by molar-refractivity contribution is 4.91. The average molecular weight is 210 g/mol. The first-order valence-corrected chi connectivity index (χ1v) is 3.74. The normalized spacial score (nSPS) is 12.0. The SMILES string of the molecule is Cn1nncc1CNOCC(F)(F)F. The Morgan fingerprint density at radius 2 is 2.29 bits per heavy atom. The van der Waals surface area contributed by atoms with Gasteiger partial charge in [-0.15, -0.1) is 5.10 Å². The van der Waals surface area contributed by atoms with E-state index < -0.39 is 12.8 Å². The van der Waals surface area contributed by atoms with Gasteiger partial charge in [-0.2, -0.15) is 18.7 Å². The standard InChI is InChI=1S/C6H9F3N4O/c1-13-5(2-10-12-13)3-11-14-4-6(7,8)9/h2,11H,3-4H2,1H3.